The molecule has 0 saturated carbocycles. The van der Waals surface area contributed by atoms with Crippen LogP contribution in [0, 0.1) is 33.1 Å². The normalized spacial score (nSPS) is 14.1. The van der Waals surface area contributed by atoms with Gasteiger partial charge in [-0.3, -0.25) is 25.0 Å². The molecule has 1 N–H and O–H groups in total. The van der Waals surface area contributed by atoms with Crippen molar-refractivity contribution >= 4 is 28.8 Å². The average molecular weight is 464 g/mol. The number of hydrogen-bond donors (Lipinski definition) is 1. The van der Waals surface area contributed by atoms with Crippen molar-refractivity contribution in [3.05, 3.63) is 80.0 Å². The van der Waals surface area contributed by atoms with Gasteiger partial charge in [0.05, 0.1) is 21.2 Å². The Hall–Kier alpha value is -4.28. The number of hydrogen-bond acceptors (Lipinski definition) is 7. The molecule has 1 fully saturated rings. The first kappa shape index (κ1) is 22.9. The number of nitro benzene ring substituents is 2. The summed E-state index contributed by atoms with van der Waals surface area (Å²) in [6, 6.07) is 11.9. The number of carbonyl (C=O) groups is 1. The summed E-state index contributed by atoms with van der Waals surface area (Å²) >= 11 is 0. The largest absolute Gasteiger partial charge is 0.366 e. The summed E-state index contributed by atoms with van der Waals surface area (Å²) in [6.45, 7) is 5.39. The summed E-state index contributed by atoms with van der Waals surface area (Å²) in [5, 5.41) is 29.8. The predicted molar refractivity (Wildman–Crippen MR) is 127 cm³/mol. The lowest BCUT2D eigenvalue weighted by atomic mass is 9.98. The Morgan fingerprint density at radius 2 is 1.71 bits per heavy atom. The number of piperidine rings is 1. The van der Waals surface area contributed by atoms with Gasteiger partial charge in [0.15, 0.2) is 0 Å². The molecule has 0 atom stereocenters. The van der Waals surface area contributed by atoms with Crippen LogP contribution in [0.5, 0.6) is 0 Å². The van der Waals surface area contributed by atoms with Crippen LogP contribution in [-0.2, 0) is 0 Å². The molecule has 11 heteroatoms. The lowest BCUT2D eigenvalue weighted by Gasteiger charge is -2.31. The third-order valence-electron chi connectivity index (χ3n) is 5.94. The molecule has 2 aromatic carbocycles. The fourth-order valence-electron chi connectivity index (χ4n) is 4.02. The van der Waals surface area contributed by atoms with Crippen molar-refractivity contribution < 1.29 is 14.6 Å². The summed E-state index contributed by atoms with van der Waals surface area (Å²) in [7, 11) is 0. The Morgan fingerprint density at radius 1 is 1.03 bits per heavy atom. The first-order chi connectivity index (χ1) is 16.2. The molecule has 34 heavy (non-hydrogen) atoms. The summed E-state index contributed by atoms with van der Waals surface area (Å²) in [4.78, 5) is 36.7. The molecule has 1 amide bonds. The zero-order chi connectivity index (χ0) is 24.4. The number of nitrogens with zero attached hydrogens (tertiary/aromatic N) is 5. The molecule has 1 aliphatic rings. The lowest BCUT2D eigenvalue weighted by Crippen LogP contribution is -2.33. The first-order valence-corrected chi connectivity index (χ1v) is 10.9. The average Bonchev–Trinajstić information content (AvgIpc) is 3.19. The highest BCUT2D eigenvalue weighted by Crippen LogP contribution is 2.32. The number of anilines is 2. The Bertz CT molecular complexity index is 1250. The molecule has 1 aromatic heterocycles. The number of aryl methyl sites for hydroxylation is 1. The fraction of sp³-hybridized carbons (Fsp3) is 0.304. The quantitative estimate of drug-likeness (QED) is 0.419. The second-order valence-electron chi connectivity index (χ2n) is 8.44. The zero-order valence-corrected chi connectivity index (χ0v) is 18.8. The minimum Gasteiger partial charge on any atom is -0.366 e. The molecule has 1 saturated heterocycles. The van der Waals surface area contributed by atoms with Gasteiger partial charge in [-0.25, -0.2) is 4.68 Å². The summed E-state index contributed by atoms with van der Waals surface area (Å²) in [5.41, 5.74) is 1.63. The Labute approximate surface area is 195 Å². The summed E-state index contributed by atoms with van der Waals surface area (Å²) in [5.74, 6) is 0.405. The highest BCUT2D eigenvalue weighted by molar-refractivity contribution is 6.04. The van der Waals surface area contributed by atoms with Gasteiger partial charge in [0.2, 0.25) is 0 Å². The minimum atomic E-state index is -0.523. The Morgan fingerprint density at radius 3 is 2.32 bits per heavy atom. The van der Waals surface area contributed by atoms with Gasteiger partial charge in [-0.05, 0) is 49.9 Å². The number of amides is 1. The van der Waals surface area contributed by atoms with E-state index >= 15 is 0 Å². The number of aromatic nitrogens is 2. The molecule has 0 bridgehead atoms. The maximum Gasteiger partial charge on any atom is 0.293 e. The van der Waals surface area contributed by atoms with Gasteiger partial charge >= 0.3 is 0 Å². The molecular weight excluding hydrogens is 440 g/mol. The number of carbonyl (C=O) groups excluding carboxylic acids is 1. The maximum absolute atomic E-state index is 13.0. The second-order valence-corrected chi connectivity index (χ2v) is 8.44. The van der Waals surface area contributed by atoms with Crippen molar-refractivity contribution in [2.75, 3.05) is 23.3 Å². The molecule has 3 aromatic rings. The lowest BCUT2D eigenvalue weighted by molar-refractivity contribution is -0.384. The molecule has 2 heterocycles. The van der Waals surface area contributed by atoms with E-state index in [2.05, 4.69) is 17.3 Å². The molecular formula is C23H24N6O5. The van der Waals surface area contributed by atoms with Crippen LogP contribution in [0.15, 0.2) is 48.5 Å². The van der Waals surface area contributed by atoms with Crippen LogP contribution in [0.3, 0.4) is 0 Å². The molecule has 0 spiro atoms. The van der Waals surface area contributed by atoms with Gasteiger partial charge < -0.3 is 10.2 Å². The predicted octanol–water partition coefficient (Wildman–Crippen LogP) is 4.49. The molecule has 0 aliphatic carbocycles. The van der Waals surface area contributed by atoms with Gasteiger partial charge in [0.25, 0.3) is 17.3 Å². The molecule has 176 valence electrons. The topological polar surface area (TPSA) is 136 Å². The molecule has 1 aliphatic heterocycles. The van der Waals surface area contributed by atoms with E-state index in [-0.39, 0.29) is 16.9 Å². The van der Waals surface area contributed by atoms with Gasteiger partial charge in [-0.1, -0.05) is 6.92 Å². The number of benzene rings is 2. The molecule has 0 radical (unpaired) electrons. The van der Waals surface area contributed by atoms with Crippen LogP contribution in [-0.4, -0.2) is 38.6 Å². The smallest absolute Gasteiger partial charge is 0.293 e. The molecule has 4 rings (SSSR count). The van der Waals surface area contributed by atoms with E-state index in [1.54, 1.807) is 25.1 Å². The van der Waals surface area contributed by atoms with E-state index in [9.17, 15) is 25.0 Å². The van der Waals surface area contributed by atoms with Gasteiger partial charge in [-0.15, -0.1) is 0 Å². The number of nitrogens with one attached hydrogen (secondary N) is 1. The van der Waals surface area contributed by atoms with E-state index < -0.39 is 15.8 Å². The number of rotatable bonds is 6. The molecule has 0 unspecified atom stereocenters. The molecule has 11 nitrogen and oxygen atoms in total. The van der Waals surface area contributed by atoms with Crippen LogP contribution in [0.1, 0.15) is 35.8 Å². The van der Waals surface area contributed by atoms with E-state index in [1.165, 1.54) is 35.0 Å². The standard InChI is InChI=1S/C23H24N6O5/c1-15-9-11-26(12-10-15)20-8-3-17(14-21(20)29(33)34)23(30)24-22-13-16(2)25-27(22)18-4-6-19(7-5-18)28(31)32/h3-8,13-15H,9-12H2,1-2H3,(H,24,30). The first-order valence-electron chi connectivity index (χ1n) is 10.9. The monoisotopic (exact) mass is 464 g/mol. The summed E-state index contributed by atoms with van der Waals surface area (Å²) < 4.78 is 1.45. The van der Waals surface area contributed by atoms with E-state index in [0.29, 0.717) is 28.8 Å². The third kappa shape index (κ3) is 4.72. The van der Waals surface area contributed by atoms with Crippen LogP contribution in [0.2, 0.25) is 0 Å². The van der Waals surface area contributed by atoms with Crippen LogP contribution in [0.4, 0.5) is 22.9 Å². The van der Waals surface area contributed by atoms with Crippen LogP contribution < -0.4 is 10.2 Å². The Kier molecular flexibility index (Phi) is 6.26. The summed E-state index contributed by atoms with van der Waals surface area (Å²) in [6.07, 6.45) is 1.93. The van der Waals surface area contributed by atoms with Crippen molar-refractivity contribution in [3.63, 3.8) is 0 Å². The number of nitro groups is 2. The van der Waals surface area contributed by atoms with Crippen molar-refractivity contribution in [1.82, 2.24) is 9.78 Å². The van der Waals surface area contributed by atoms with Gasteiger partial charge in [0.1, 0.15) is 11.5 Å². The maximum atomic E-state index is 13.0. The van der Waals surface area contributed by atoms with Crippen molar-refractivity contribution in [3.8, 4) is 5.69 Å². The van der Waals surface area contributed by atoms with Crippen LogP contribution in [0.25, 0.3) is 5.69 Å². The van der Waals surface area contributed by atoms with E-state index in [4.69, 9.17) is 0 Å². The highest BCUT2D eigenvalue weighted by atomic mass is 16.6. The Balaban J connectivity index is 1.59. The van der Waals surface area contributed by atoms with E-state index in [0.717, 1.165) is 25.9 Å². The number of non-ortho nitro benzene ring substituents is 1. The second kappa shape index (κ2) is 9.30. The third-order valence-corrected chi connectivity index (χ3v) is 5.94. The van der Waals surface area contributed by atoms with Crippen molar-refractivity contribution in [2.24, 2.45) is 5.92 Å². The van der Waals surface area contributed by atoms with Crippen LogP contribution >= 0.6 is 0 Å². The van der Waals surface area contributed by atoms with Gasteiger partial charge in [0, 0.05) is 42.9 Å². The van der Waals surface area contributed by atoms with E-state index in [1.807, 2.05) is 4.90 Å². The minimum absolute atomic E-state index is 0.0613. The van der Waals surface area contributed by atoms with Crippen molar-refractivity contribution in [2.45, 2.75) is 26.7 Å². The van der Waals surface area contributed by atoms with Crippen molar-refractivity contribution in [1.29, 1.82) is 0 Å². The highest BCUT2D eigenvalue weighted by Gasteiger charge is 2.25. The van der Waals surface area contributed by atoms with Gasteiger partial charge in [-0.2, -0.15) is 5.10 Å². The zero-order valence-electron chi connectivity index (χ0n) is 18.8. The fourth-order valence-corrected chi connectivity index (χ4v) is 4.02. The SMILES string of the molecule is Cc1cc(NC(=O)c2ccc(N3CCC(C)CC3)c([N+](=O)[O-])c2)n(-c2ccc([N+](=O)[O-])cc2)n1.